The maximum absolute atomic E-state index is 5.85. The third-order valence-electron chi connectivity index (χ3n) is 5.47. The molecule has 0 aromatic heterocycles. The molecule has 2 heteroatoms. The number of para-hydroxylation sites is 1. The van der Waals surface area contributed by atoms with E-state index in [0.717, 1.165) is 36.7 Å². The zero-order valence-corrected chi connectivity index (χ0v) is 13.5. The summed E-state index contributed by atoms with van der Waals surface area (Å²) in [5, 5.41) is 3.70. The third-order valence-corrected chi connectivity index (χ3v) is 5.47. The molecule has 0 spiro atoms. The largest absolute Gasteiger partial charge is 0.494 e. The summed E-state index contributed by atoms with van der Waals surface area (Å²) in [5.74, 6) is 4.01. The van der Waals surface area contributed by atoms with Gasteiger partial charge in [0.25, 0.3) is 0 Å². The highest BCUT2D eigenvalue weighted by Crippen LogP contribution is 2.51. The van der Waals surface area contributed by atoms with Crippen LogP contribution in [0.1, 0.15) is 57.6 Å². The van der Waals surface area contributed by atoms with Crippen LogP contribution >= 0.6 is 0 Å². The van der Waals surface area contributed by atoms with Crippen LogP contribution in [0.4, 0.5) is 0 Å². The van der Waals surface area contributed by atoms with E-state index in [0.29, 0.717) is 6.04 Å². The molecule has 4 unspecified atom stereocenters. The number of hydrogen-bond donors (Lipinski definition) is 1. The highest BCUT2D eigenvalue weighted by atomic mass is 16.5. The van der Waals surface area contributed by atoms with Crippen molar-refractivity contribution in [1.82, 2.24) is 5.32 Å². The quantitative estimate of drug-likeness (QED) is 0.793. The van der Waals surface area contributed by atoms with Gasteiger partial charge in [0.15, 0.2) is 0 Å². The number of fused-ring (bicyclic) bond motifs is 2. The van der Waals surface area contributed by atoms with E-state index in [2.05, 4.69) is 43.4 Å². The van der Waals surface area contributed by atoms with Gasteiger partial charge in [-0.15, -0.1) is 0 Å². The molecule has 2 fully saturated rings. The first-order valence-corrected chi connectivity index (χ1v) is 8.76. The monoisotopic (exact) mass is 287 g/mol. The highest BCUT2D eigenvalue weighted by molar-refractivity contribution is 5.36. The molecule has 116 valence electrons. The van der Waals surface area contributed by atoms with Gasteiger partial charge in [0.2, 0.25) is 0 Å². The topological polar surface area (TPSA) is 21.3 Å². The van der Waals surface area contributed by atoms with Crippen molar-refractivity contribution in [2.75, 3.05) is 13.2 Å². The van der Waals surface area contributed by atoms with E-state index < -0.39 is 0 Å². The Hall–Kier alpha value is -1.02. The fourth-order valence-corrected chi connectivity index (χ4v) is 4.59. The zero-order valence-electron chi connectivity index (χ0n) is 13.5. The van der Waals surface area contributed by atoms with E-state index in [1.54, 1.807) is 0 Å². The summed E-state index contributed by atoms with van der Waals surface area (Å²) in [6.07, 6.45) is 7.20. The maximum Gasteiger partial charge on any atom is 0.124 e. The van der Waals surface area contributed by atoms with Crippen molar-refractivity contribution < 1.29 is 4.74 Å². The summed E-state index contributed by atoms with van der Waals surface area (Å²) in [5.41, 5.74) is 1.35. The molecule has 1 aromatic rings. The number of nitrogens with one attached hydrogen (secondary N) is 1. The van der Waals surface area contributed by atoms with E-state index in [4.69, 9.17) is 4.74 Å². The van der Waals surface area contributed by atoms with Gasteiger partial charge < -0.3 is 10.1 Å². The Labute approximate surface area is 129 Å². The molecule has 3 rings (SSSR count). The van der Waals surface area contributed by atoms with E-state index in [1.807, 2.05) is 0 Å². The molecule has 2 aliphatic carbocycles. The minimum atomic E-state index is 0.446. The van der Waals surface area contributed by atoms with Crippen LogP contribution in [0.5, 0.6) is 5.75 Å². The van der Waals surface area contributed by atoms with Crippen LogP contribution in [0.15, 0.2) is 24.3 Å². The Balaban J connectivity index is 1.74. The zero-order chi connectivity index (χ0) is 14.7. The maximum atomic E-state index is 5.85. The summed E-state index contributed by atoms with van der Waals surface area (Å²) in [4.78, 5) is 0. The molecule has 2 saturated carbocycles. The standard InChI is InChI=1S/C19H29NO/c1-3-20-18(13-16-12-14-9-10-15(16)11-14)17-7-5-6-8-19(17)21-4-2/h5-8,14-16,18,20H,3-4,9-13H2,1-2H3. The first-order valence-electron chi connectivity index (χ1n) is 8.76. The first-order chi connectivity index (χ1) is 10.3. The summed E-state index contributed by atoms with van der Waals surface area (Å²) < 4.78 is 5.85. The molecular weight excluding hydrogens is 258 g/mol. The summed E-state index contributed by atoms with van der Waals surface area (Å²) in [6, 6.07) is 9.02. The second kappa shape index (κ2) is 6.83. The number of hydrogen-bond acceptors (Lipinski definition) is 2. The van der Waals surface area contributed by atoms with Gasteiger partial charge >= 0.3 is 0 Å². The van der Waals surface area contributed by atoms with Gasteiger partial charge in [-0.2, -0.15) is 0 Å². The van der Waals surface area contributed by atoms with Gasteiger partial charge in [-0.25, -0.2) is 0 Å². The summed E-state index contributed by atoms with van der Waals surface area (Å²) in [6.45, 7) is 6.03. The van der Waals surface area contributed by atoms with Crippen LogP contribution < -0.4 is 10.1 Å². The summed E-state index contributed by atoms with van der Waals surface area (Å²) >= 11 is 0. The van der Waals surface area contributed by atoms with Crippen LogP contribution in [-0.4, -0.2) is 13.2 Å². The molecule has 1 N–H and O–H groups in total. The molecular formula is C19H29NO. The first kappa shape index (κ1) is 14.9. The van der Waals surface area contributed by atoms with Crippen molar-refractivity contribution in [3.05, 3.63) is 29.8 Å². The molecule has 21 heavy (non-hydrogen) atoms. The number of benzene rings is 1. The van der Waals surface area contributed by atoms with Gasteiger partial charge in [-0.3, -0.25) is 0 Å². The Kier molecular flexibility index (Phi) is 4.84. The van der Waals surface area contributed by atoms with Crippen LogP contribution in [0.3, 0.4) is 0 Å². The van der Waals surface area contributed by atoms with Crippen molar-refractivity contribution in [3.63, 3.8) is 0 Å². The average molecular weight is 287 g/mol. The minimum absolute atomic E-state index is 0.446. The lowest BCUT2D eigenvalue weighted by atomic mass is 9.82. The normalized spacial score (nSPS) is 28.8. The highest BCUT2D eigenvalue weighted by Gasteiger charge is 2.40. The Bertz CT molecular complexity index is 459. The van der Waals surface area contributed by atoms with E-state index >= 15 is 0 Å². The number of rotatable bonds is 7. The van der Waals surface area contributed by atoms with Gasteiger partial charge in [-0.1, -0.05) is 31.5 Å². The van der Waals surface area contributed by atoms with Crippen molar-refractivity contribution in [3.8, 4) is 5.75 Å². The van der Waals surface area contributed by atoms with Gasteiger partial charge in [0.1, 0.15) is 5.75 Å². The van der Waals surface area contributed by atoms with E-state index in [-0.39, 0.29) is 0 Å². The van der Waals surface area contributed by atoms with E-state index in [9.17, 15) is 0 Å². The summed E-state index contributed by atoms with van der Waals surface area (Å²) in [7, 11) is 0. The molecule has 2 bridgehead atoms. The molecule has 2 nitrogen and oxygen atoms in total. The molecule has 0 saturated heterocycles. The lowest BCUT2D eigenvalue weighted by Gasteiger charge is -2.28. The molecule has 1 aromatic carbocycles. The predicted octanol–water partition coefficient (Wildman–Crippen LogP) is 4.56. The lowest BCUT2D eigenvalue weighted by molar-refractivity contribution is 0.273. The van der Waals surface area contributed by atoms with Crippen molar-refractivity contribution in [1.29, 1.82) is 0 Å². The second-order valence-corrected chi connectivity index (χ2v) is 6.75. The van der Waals surface area contributed by atoms with Crippen molar-refractivity contribution in [2.45, 2.75) is 52.0 Å². The molecule has 0 radical (unpaired) electrons. The molecule has 0 aliphatic heterocycles. The predicted molar refractivity (Wildman–Crippen MR) is 87.6 cm³/mol. The fourth-order valence-electron chi connectivity index (χ4n) is 4.59. The van der Waals surface area contributed by atoms with Crippen LogP contribution in [-0.2, 0) is 0 Å². The third kappa shape index (κ3) is 3.26. The van der Waals surface area contributed by atoms with Crippen LogP contribution in [0.2, 0.25) is 0 Å². The SMILES string of the molecule is CCNC(CC1CC2CCC1C2)c1ccccc1OCC. The Morgan fingerprint density at radius 2 is 2.05 bits per heavy atom. The van der Waals surface area contributed by atoms with Gasteiger partial charge in [0, 0.05) is 11.6 Å². The molecule has 4 atom stereocenters. The Morgan fingerprint density at radius 3 is 2.71 bits per heavy atom. The van der Waals surface area contributed by atoms with Crippen LogP contribution in [0, 0.1) is 17.8 Å². The van der Waals surface area contributed by atoms with Crippen molar-refractivity contribution in [2.24, 2.45) is 17.8 Å². The smallest absolute Gasteiger partial charge is 0.124 e. The van der Waals surface area contributed by atoms with Gasteiger partial charge in [-0.05, 0) is 63.0 Å². The van der Waals surface area contributed by atoms with Crippen molar-refractivity contribution >= 4 is 0 Å². The molecule has 0 amide bonds. The molecule has 0 heterocycles. The Morgan fingerprint density at radius 1 is 1.19 bits per heavy atom. The van der Waals surface area contributed by atoms with E-state index in [1.165, 1.54) is 37.7 Å². The van der Waals surface area contributed by atoms with Gasteiger partial charge in [0.05, 0.1) is 6.61 Å². The fraction of sp³-hybridized carbons (Fsp3) is 0.684. The lowest BCUT2D eigenvalue weighted by Crippen LogP contribution is -2.26. The molecule has 2 aliphatic rings. The minimum Gasteiger partial charge on any atom is -0.494 e. The van der Waals surface area contributed by atoms with Crippen LogP contribution in [0.25, 0.3) is 0 Å². The second-order valence-electron chi connectivity index (χ2n) is 6.75. The average Bonchev–Trinajstić information content (AvgIpc) is 3.10. The number of ether oxygens (including phenoxy) is 1.